The molecule has 0 bridgehead atoms. The number of carbonyl (C=O) groups excluding carboxylic acids is 3. The van der Waals surface area contributed by atoms with Gasteiger partial charge in [0.25, 0.3) is 0 Å². The van der Waals surface area contributed by atoms with Crippen LogP contribution in [0.4, 0.5) is 4.79 Å². The lowest BCUT2D eigenvalue weighted by molar-refractivity contribution is -0.136. The van der Waals surface area contributed by atoms with Gasteiger partial charge in [0.15, 0.2) is 0 Å². The summed E-state index contributed by atoms with van der Waals surface area (Å²) in [6.45, 7) is 8.84. The van der Waals surface area contributed by atoms with Crippen molar-refractivity contribution in [2.75, 3.05) is 20.2 Å². The molecule has 3 aromatic heterocycles. The van der Waals surface area contributed by atoms with E-state index in [1.807, 2.05) is 50.8 Å². The fourth-order valence-corrected chi connectivity index (χ4v) is 7.48. The summed E-state index contributed by atoms with van der Waals surface area (Å²) >= 11 is 0. The monoisotopic (exact) mass is 722 g/mol. The highest BCUT2D eigenvalue weighted by Crippen LogP contribution is 2.35. The Kier molecular flexibility index (Phi) is 9.81. The second-order valence-corrected chi connectivity index (χ2v) is 14.7. The zero-order valence-electron chi connectivity index (χ0n) is 30.6. The van der Waals surface area contributed by atoms with Crippen molar-refractivity contribution in [2.45, 2.75) is 77.5 Å². The molecule has 3 amide bonds. The maximum atomic E-state index is 13.8. The molecule has 2 aliphatic rings. The van der Waals surface area contributed by atoms with Gasteiger partial charge in [-0.1, -0.05) is 33.8 Å². The van der Waals surface area contributed by atoms with Gasteiger partial charge in [0, 0.05) is 24.2 Å². The summed E-state index contributed by atoms with van der Waals surface area (Å²) < 4.78 is 11.0. The van der Waals surface area contributed by atoms with Crippen LogP contribution in [0.1, 0.15) is 77.1 Å². The summed E-state index contributed by atoms with van der Waals surface area (Å²) in [6.07, 6.45) is 6.01. The molecule has 0 spiro atoms. The number of fused-ring (bicyclic) bond motifs is 2. The Morgan fingerprint density at radius 1 is 0.830 bits per heavy atom. The quantitative estimate of drug-likeness (QED) is 0.144. The second kappa shape index (κ2) is 14.5. The lowest BCUT2D eigenvalue weighted by Crippen LogP contribution is -2.51. The van der Waals surface area contributed by atoms with Crippen LogP contribution < -0.4 is 16.5 Å². The van der Waals surface area contributed by atoms with Gasteiger partial charge < -0.3 is 40.0 Å². The molecule has 5 aromatic rings. The topological polar surface area (TPSA) is 193 Å². The highest BCUT2D eigenvalue weighted by molar-refractivity contribution is 5.93. The Bertz CT molecular complexity index is 2240. The molecule has 0 unspecified atom stereocenters. The predicted octanol–water partition coefficient (Wildman–Crippen LogP) is 5.42. The number of methoxy groups -OCH3 is 1. The lowest BCUT2D eigenvalue weighted by Gasteiger charge is -2.30. The zero-order chi connectivity index (χ0) is 37.6. The number of likely N-dealkylation sites (tertiary alicyclic amines) is 2. The number of H-pyrrole nitrogens is 2. The van der Waals surface area contributed by atoms with E-state index in [4.69, 9.17) is 14.9 Å². The average Bonchev–Trinajstić information content (AvgIpc) is 3.99. The number of aromatic amines is 2. The normalized spacial score (nSPS) is 18.7. The number of imidazole rings is 2. The van der Waals surface area contributed by atoms with E-state index in [1.54, 1.807) is 35.5 Å². The van der Waals surface area contributed by atoms with E-state index in [-0.39, 0.29) is 41.2 Å². The summed E-state index contributed by atoms with van der Waals surface area (Å²) in [7, 11) is 1.27. The molecule has 7 rings (SSSR count). The van der Waals surface area contributed by atoms with Crippen LogP contribution in [0.25, 0.3) is 44.5 Å². The molecule has 278 valence electrons. The Balaban J connectivity index is 1.12. The van der Waals surface area contributed by atoms with Crippen molar-refractivity contribution >= 4 is 39.8 Å². The van der Waals surface area contributed by atoms with Crippen LogP contribution in [0.2, 0.25) is 0 Å². The third-order valence-corrected chi connectivity index (χ3v) is 10.6. The summed E-state index contributed by atoms with van der Waals surface area (Å²) in [4.78, 5) is 72.1. The Labute approximate surface area is 306 Å². The number of nitrogens with two attached hydrogens (primary N) is 1. The van der Waals surface area contributed by atoms with Crippen molar-refractivity contribution in [2.24, 2.45) is 17.6 Å². The van der Waals surface area contributed by atoms with Crippen LogP contribution in [-0.2, 0) is 14.3 Å². The standard InChI is InChI=1S/C39H46N8O6/c1-20(2)32(40)37(49)46-14-6-8-28(46)35-42-19-27(44-35)23-10-12-24-31(17-23)53-30-13-11-22(16-25(30)34(24)48)26-18-41-36(43-26)29-9-7-15-47(29)38(50)33(21(3)4)45-39(51)52-5/h10-13,16-21,28-29,32-33H,6-9,14-15,40H2,1-5H3,(H,41,43)(H,42,44)(H,45,51)/t28-,29-,32-,33-/m0/s1. The van der Waals surface area contributed by atoms with Crippen LogP contribution in [0.3, 0.4) is 0 Å². The second-order valence-electron chi connectivity index (χ2n) is 14.7. The van der Waals surface area contributed by atoms with Crippen LogP contribution in [0, 0.1) is 11.8 Å². The molecule has 5 N–H and O–H groups in total. The number of aromatic nitrogens is 4. The van der Waals surface area contributed by atoms with E-state index in [1.165, 1.54) is 7.11 Å². The number of hydrogen-bond acceptors (Lipinski definition) is 9. The van der Waals surface area contributed by atoms with Crippen molar-refractivity contribution in [3.63, 3.8) is 0 Å². The predicted molar refractivity (Wildman–Crippen MR) is 200 cm³/mol. The molecule has 2 fully saturated rings. The van der Waals surface area contributed by atoms with E-state index in [0.717, 1.165) is 42.5 Å². The molecule has 14 nitrogen and oxygen atoms in total. The SMILES string of the molecule is COC(=O)N[C@H](C(=O)N1CCC[C@H]1c1ncc(-c2ccc3oc4cc(-c5cnc([C@@H]6CCCN6C(=O)[C@@H](N)C(C)C)[nH]5)ccc4c(=O)c3c2)[nH]1)C(C)C. The van der Waals surface area contributed by atoms with E-state index in [9.17, 15) is 19.2 Å². The molecular formula is C39H46N8O6. The van der Waals surface area contributed by atoms with Crippen LogP contribution >= 0.6 is 0 Å². The van der Waals surface area contributed by atoms with Crippen LogP contribution in [-0.4, -0.2) is 79.9 Å². The number of amides is 3. The molecule has 0 aliphatic carbocycles. The first-order chi connectivity index (χ1) is 25.4. The Morgan fingerprint density at radius 3 is 2.00 bits per heavy atom. The van der Waals surface area contributed by atoms with Crippen LogP contribution in [0.5, 0.6) is 0 Å². The van der Waals surface area contributed by atoms with Gasteiger partial charge in [0.1, 0.15) is 28.9 Å². The maximum Gasteiger partial charge on any atom is 0.407 e. The van der Waals surface area contributed by atoms with Gasteiger partial charge in [-0.2, -0.15) is 0 Å². The first-order valence-corrected chi connectivity index (χ1v) is 18.3. The Morgan fingerprint density at radius 2 is 1.42 bits per heavy atom. The first-order valence-electron chi connectivity index (χ1n) is 18.3. The number of ether oxygens (including phenoxy) is 1. The summed E-state index contributed by atoms with van der Waals surface area (Å²) in [5.41, 5.74) is 9.94. The minimum atomic E-state index is -0.728. The third-order valence-electron chi connectivity index (χ3n) is 10.6. The summed E-state index contributed by atoms with van der Waals surface area (Å²) in [5.74, 6) is 1.00. The van der Waals surface area contributed by atoms with E-state index in [0.29, 0.717) is 52.4 Å². The van der Waals surface area contributed by atoms with Gasteiger partial charge in [-0.3, -0.25) is 14.4 Å². The van der Waals surface area contributed by atoms with Crippen molar-refractivity contribution in [1.29, 1.82) is 0 Å². The zero-order valence-corrected chi connectivity index (χ0v) is 30.6. The minimum Gasteiger partial charge on any atom is -0.456 e. The number of nitrogens with one attached hydrogen (secondary N) is 3. The number of nitrogens with zero attached hydrogens (tertiary/aromatic N) is 4. The molecular weight excluding hydrogens is 676 g/mol. The van der Waals surface area contributed by atoms with Crippen molar-refractivity contribution < 1.29 is 23.5 Å². The fraction of sp³-hybridized carbons (Fsp3) is 0.436. The van der Waals surface area contributed by atoms with Gasteiger partial charge in [0.2, 0.25) is 17.2 Å². The van der Waals surface area contributed by atoms with Crippen molar-refractivity contribution in [3.05, 3.63) is 70.7 Å². The smallest absolute Gasteiger partial charge is 0.407 e. The first kappa shape index (κ1) is 35.9. The van der Waals surface area contributed by atoms with Gasteiger partial charge in [-0.05, 0) is 67.9 Å². The molecule has 0 saturated carbocycles. The highest BCUT2D eigenvalue weighted by Gasteiger charge is 2.38. The Hall–Kier alpha value is -5.50. The van der Waals surface area contributed by atoms with Gasteiger partial charge in [0.05, 0.1) is 59.8 Å². The molecule has 4 atom stereocenters. The number of alkyl carbamates (subject to hydrolysis) is 1. The van der Waals surface area contributed by atoms with Gasteiger partial charge >= 0.3 is 6.09 Å². The molecule has 2 aromatic carbocycles. The van der Waals surface area contributed by atoms with Crippen LogP contribution in [0.15, 0.2) is 58.0 Å². The van der Waals surface area contributed by atoms with E-state index in [2.05, 4.69) is 25.3 Å². The summed E-state index contributed by atoms with van der Waals surface area (Å²) in [5, 5.41) is 3.55. The van der Waals surface area contributed by atoms with Crippen molar-refractivity contribution in [3.8, 4) is 22.5 Å². The molecule has 2 aliphatic heterocycles. The number of carbonyl (C=O) groups is 3. The van der Waals surface area contributed by atoms with E-state index >= 15 is 0 Å². The fourth-order valence-electron chi connectivity index (χ4n) is 7.48. The molecule has 53 heavy (non-hydrogen) atoms. The molecule has 0 radical (unpaired) electrons. The largest absolute Gasteiger partial charge is 0.456 e. The lowest BCUT2D eigenvalue weighted by atomic mass is 10.0. The maximum absolute atomic E-state index is 13.8. The van der Waals surface area contributed by atoms with E-state index < -0.39 is 18.2 Å². The average molecular weight is 723 g/mol. The molecule has 2 saturated heterocycles. The number of benzene rings is 2. The highest BCUT2D eigenvalue weighted by atomic mass is 16.5. The van der Waals surface area contributed by atoms with Gasteiger partial charge in [-0.15, -0.1) is 0 Å². The minimum absolute atomic E-state index is 0.0404. The van der Waals surface area contributed by atoms with Crippen molar-refractivity contribution in [1.82, 2.24) is 35.1 Å². The summed E-state index contributed by atoms with van der Waals surface area (Å²) in [6, 6.07) is 9.14. The molecule has 14 heteroatoms. The van der Waals surface area contributed by atoms with Gasteiger partial charge in [-0.25, -0.2) is 14.8 Å². The third kappa shape index (κ3) is 6.78. The molecule has 5 heterocycles. The number of rotatable bonds is 9. The number of hydrogen-bond donors (Lipinski definition) is 4.